The molecule has 2 rings (SSSR count). The smallest absolute Gasteiger partial charge is 0.162 e. The normalized spacial score (nSPS) is 20.1. The topological polar surface area (TPSA) is 67.5 Å². The molecule has 2 N–H and O–H groups in total. The lowest BCUT2D eigenvalue weighted by atomic mass is 9.82. The predicted octanol–water partition coefficient (Wildman–Crippen LogP) is 2.45. The van der Waals surface area contributed by atoms with Gasteiger partial charge in [-0.3, -0.25) is 4.68 Å². The van der Waals surface area contributed by atoms with Gasteiger partial charge in [0.15, 0.2) is 5.75 Å². The third-order valence-corrected chi connectivity index (χ3v) is 4.24. The summed E-state index contributed by atoms with van der Waals surface area (Å²) in [5.41, 5.74) is 0.584. The molecule has 0 spiro atoms. The van der Waals surface area contributed by atoms with Crippen molar-refractivity contribution in [3.63, 3.8) is 0 Å². The maximum absolute atomic E-state index is 10.6. The number of hydrogen-bond acceptors (Lipinski definition) is 4. The Kier molecular flexibility index (Phi) is 5.05. The van der Waals surface area contributed by atoms with E-state index >= 15 is 0 Å². The van der Waals surface area contributed by atoms with E-state index in [9.17, 15) is 10.2 Å². The van der Waals surface area contributed by atoms with Crippen LogP contribution in [0, 0.1) is 5.92 Å². The first kappa shape index (κ1) is 15.3. The van der Waals surface area contributed by atoms with Gasteiger partial charge >= 0.3 is 0 Å². The standard InChI is InChI=1S/C15H26N2O3/c1-10(2)17-13(12(20-3)9-16-17)15(19)14(18)11-7-5-4-6-8-11/h9-11,14-15,18-19H,4-8H2,1-3H3. The molecule has 0 radical (unpaired) electrons. The number of nitrogens with zero attached hydrogens (tertiary/aromatic N) is 2. The van der Waals surface area contributed by atoms with Crippen LogP contribution in [0.5, 0.6) is 5.75 Å². The van der Waals surface area contributed by atoms with Crippen LogP contribution in [-0.4, -0.2) is 33.2 Å². The van der Waals surface area contributed by atoms with Crippen LogP contribution in [0.4, 0.5) is 0 Å². The highest BCUT2D eigenvalue weighted by Crippen LogP contribution is 2.36. The van der Waals surface area contributed by atoms with E-state index in [1.54, 1.807) is 18.0 Å². The summed E-state index contributed by atoms with van der Waals surface area (Å²) >= 11 is 0. The van der Waals surface area contributed by atoms with Crippen LogP contribution in [0.15, 0.2) is 6.20 Å². The van der Waals surface area contributed by atoms with Gasteiger partial charge in [-0.05, 0) is 32.6 Å². The summed E-state index contributed by atoms with van der Waals surface area (Å²) in [7, 11) is 1.56. The van der Waals surface area contributed by atoms with Crippen molar-refractivity contribution in [3.8, 4) is 5.75 Å². The Morgan fingerprint density at radius 1 is 1.25 bits per heavy atom. The van der Waals surface area contributed by atoms with Crippen molar-refractivity contribution in [2.45, 2.75) is 64.2 Å². The first-order chi connectivity index (χ1) is 9.56. The lowest BCUT2D eigenvalue weighted by Gasteiger charge is -2.30. The molecule has 0 amide bonds. The Labute approximate surface area is 120 Å². The minimum atomic E-state index is -0.946. The van der Waals surface area contributed by atoms with E-state index in [-0.39, 0.29) is 12.0 Å². The van der Waals surface area contributed by atoms with Gasteiger partial charge in [0.05, 0.1) is 19.4 Å². The van der Waals surface area contributed by atoms with Crippen molar-refractivity contribution in [1.82, 2.24) is 9.78 Å². The first-order valence-corrected chi connectivity index (χ1v) is 7.53. The van der Waals surface area contributed by atoms with Crippen molar-refractivity contribution >= 4 is 0 Å². The van der Waals surface area contributed by atoms with Crippen molar-refractivity contribution in [2.24, 2.45) is 5.92 Å². The van der Waals surface area contributed by atoms with Gasteiger partial charge in [0.2, 0.25) is 0 Å². The highest BCUT2D eigenvalue weighted by atomic mass is 16.5. The van der Waals surface area contributed by atoms with Gasteiger partial charge in [-0.2, -0.15) is 5.10 Å². The Morgan fingerprint density at radius 2 is 1.90 bits per heavy atom. The number of aliphatic hydroxyl groups is 2. The molecule has 2 atom stereocenters. The monoisotopic (exact) mass is 282 g/mol. The van der Waals surface area contributed by atoms with Crippen molar-refractivity contribution in [3.05, 3.63) is 11.9 Å². The second-order valence-corrected chi connectivity index (χ2v) is 5.97. The molecule has 2 unspecified atom stereocenters. The van der Waals surface area contributed by atoms with Gasteiger partial charge in [-0.1, -0.05) is 19.3 Å². The molecule has 1 aliphatic rings. The minimum Gasteiger partial charge on any atom is -0.493 e. The third kappa shape index (κ3) is 2.99. The molecule has 1 aromatic rings. The number of aliphatic hydroxyl groups excluding tert-OH is 2. The molecule has 1 fully saturated rings. The largest absolute Gasteiger partial charge is 0.493 e. The zero-order chi connectivity index (χ0) is 14.7. The van der Waals surface area contributed by atoms with E-state index in [2.05, 4.69) is 5.10 Å². The van der Waals surface area contributed by atoms with Gasteiger partial charge in [-0.25, -0.2) is 0 Å². The first-order valence-electron chi connectivity index (χ1n) is 7.53. The fourth-order valence-electron chi connectivity index (χ4n) is 3.10. The van der Waals surface area contributed by atoms with Gasteiger partial charge in [-0.15, -0.1) is 0 Å². The number of rotatable bonds is 5. The molecule has 0 bridgehead atoms. The van der Waals surface area contributed by atoms with Crippen LogP contribution in [0.2, 0.25) is 0 Å². The van der Waals surface area contributed by atoms with Gasteiger partial charge in [0.25, 0.3) is 0 Å². The molecular weight excluding hydrogens is 256 g/mol. The highest BCUT2D eigenvalue weighted by Gasteiger charge is 2.33. The number of hydrogen-bond donors (Lipinski definition) is 2. The van der Waals surface area contributed by atoms with E-state index in [0.717, 1.165) is 25.7 Å². The summed E-state index contributed by atoms with van der Waals surface area (Å²) < 4.78 is 7.01. The fourth-order valence-corrected chi connectivity index (χ4v) is 3.10. The molecule has 5 nitrogen and oxygen atoms in total. The number of methoxy groups -OCH3 is 1. The van der Waals surface area contributed by atoms with Crippen molar-refractivity contribution in [2.75, 3.05) is 7.11 Å². The van der Waals surface area contributed by atoms with E-state index in [4.69, 9.17) is 4.74 Å². The van der Waals surface area contributed by atoms with Crippen LogP contribution in [0.3, 0.4) is 0 Å². The molecule has 0 aromatic carbocycles. The van der Waals surface area contributed by atoms with Crippen LogP contribution < -0.4 is 4.74 Å². The molecule has 1 heterocycles. The van der Waals surface area contributed by atoms with E-state index in [1.165, 1.54) is 6.42 Å². The Bertz CT molecular complexity index is 425. The van der Waals surface area contributed by atoms with E-state index < -0.39 is 12.2 Å². The summed E-state index contributed by atoms with van der Waals surface area (Å²) in [6, 6.07) is 0.113. The lowest BCUT2D eigenvalue weighted by molar-refractivity contribution is -0.0339. The zero-order valence-corrected chi connectivity index (χ0v) is 12.6. The average molecular weight is 282 g/mol. The Balaban J connectivity index is 2.22. The Morgan fingerprint density at radius 3 is 2.45 bits per heavy atom. The lowest BCUT2D eigenvalue weighted by Crippen LogP contribution is -2.31. The third-order valence-electron chi connectivity index (χ3n) is 4.24. The summed E-state index contributed by atoms with van der Waals surface area (Å²) in [5.74, 6) is 0.708. The molecule has 114 valence electrons. The van der Waals surface area contributed by atoms with Gasteiger partial charge < -0.3 is 14.9 Å². The molecule has 5 heteroatoms. The molecule has 0 aliphatic heterocycles. The molecule has 0 saturated heterocycles. The number of aromatic nitrogens is 2. The molecule has 1 saturated carbocycles. The number of ether oxygens (including phenoxy) is 1. The van der Waals surface area contributed by atoms with E-state index in [1.807, 2.05) is 13.8 Å². The predicted molar refractivity (Wildman–Crippen MR) is 76.7 cm³/mol. The van der Waals surface area contributed by atoms with E-state index in [0.29, 0.717) is 11.4 Å². The highest BCUT2D eigenvalue weighted by molar-refractivity contribution is 5.28. The van der Waals surface area contributed by atoms with Crippen LogP contribution in [-0.2, 0) is 0 Å². The SMILES string of the molecule is COc1cnn(C(C)C)c1C(O)C(O)C1CCCCC1. The maximum atomic E-state index is 10.6. The molecule has 1 aromatic heterocycles. The van der Waals surface area contributed by atoms with Crippen LogP contribution in [0.25, 0.3) is 0 Å². The minimum absolute atomic E-state index is 0.113. The van der Waals surface area contributed by atoms with Crippen LogP contribution in [0.1, 0.15) is 63.8 Å². The Hall–Kier alpha value is -1.07. The summed E-state index contributed by atoms with van der Waals surface area (Å²) in [5, 5.41) is 25.3. The summed E-state index contributed by atoms with van der Waals surface area (Å²) in [4.78, 5) is 0. The second kappa shape index (κ2) is 6.59. The van der Waals surface area contributed by atoms with Gasteiger partial charge in [0.1, 0.15) is 11.8 Å². The average Bonchev–Trinajstić information content (AvgIpc) is 2.90. The zero-order valence-electron chi connectivity index (χ0n) is 12.6. The fraction of sp³-hybridized carbons (Fsp3) is 0.800. The van der Waals surface area contributed by atoms with Crippen molar-refractivity contribution < 1.29 is 14.9 Å². The second-order valence-electron chi connectivity index (χ2n) is 5.97. The molecular formula is C15H26N2O3. The summed E-state index contributed by atoms with van der Waals surface area (Å²) in [6.07, 6.45) is 5.37. The molecule has 1 aliphatic carbocycles. The summed E-state index contributed by atoms with van der Waals surface area (Å²) in [6.45, 7) is 3.99. The van der Waals surface area contributed by atoms with Gasteiger partial charge in [0, 0.05) is 6.04 Å². The quantitative estimate of drug-likeness (QED) is 0.870. The maximum Gasteiger partial charge on any atom is 0.162 e. The van der Waals surface area contributed by atoms with Crippen LogP contribution >= 0.6 is 0 Å². The van der Waals surface area contributed by atoms with Crippen molar-refractivity contribution in [1.29, 1.82) is 0 Å². The molecule has 20 heavy (non-hydrogen) atoms.